The van der Waals surface area contributed by atoms with Gasteiger partial charge in [0, 0.05) is 16.6 Å². The molecule has 1 aromatic carbocycles. The molecule has 3 nitrogen and oxygen atoms in total. The van der Waals surface area contributed by atoms with Crippen LogP contribution in [0.2, 0.25) is 5.02 Å². The number of aromatic nitrogens is 1. The minimum absolute atomic E-state index is 0.00502. The fraction of sp³-hybridized carbons (Fsp3) is 0.250. The number of rotatable bonds is 1. The molecule has 0 amide bonds. The van der Waals surface area contributed by atoms with Gasteiger partial charge in [0.2, 0.25) is 0 Å². The van der Waals surface area contributed by atoms with E-state index in [-0.39, 0.29) is 32.9 Å². The number of benzene rings is 1. The van der Waals surface area contributed by atoms with Gasteiger partial charge >= 0.3 is 6.18 Å². The summed E-state index contributed by atoms with van der Waals surface area (Å²) in [7, 11) is 1.34. The van der Waals surface area contributed by atoms with Gasteiger partial charge in [-0.2, -0.15) is 13.2 Å². The lowest BCUT2D eigenvalue weighted by Crippen LogP contribution is -2.13. The third-order valence-electron chi connectivity index (χ3n) is 2.83. The Balaban J connectivity index is 2.96. The molecule has 0 atom stereocenters. The molecule has 0 radical (unpaired) electrons. The molecular formula is C12H10ClF3N2O. The Morgan fingerprint density at radius 1 is 1.32 bits per heavy atom. The molecule has 0 saturated heterocycles. The zero-order valence-electron chi connectivity index (χ0n) is 10.1. The van der Waals surface area contributed by atoms with Crippen LogP contribution < -0.4 is 10.5 Å². The normalized spacial score (nSPS) is 11.9. The van der Waals surface area contributed by atoms with E-state index in [9.17, 15) is 13.2 Å². The van der Waals surface area contributed by atoms with E-state index in [0.29, 0.717) is 0 Å². The molecule has 0 aliphatic heterocycles. The molecule has 7 heteroatoms. The fourth-order valence-electron chi connectivity index (χ4n) is 1.87. The highest BCUT2D eigenvalue weighted by Crippen LogP contribution is 2.40. The van der Waals surface area contributed by atoms with Crippen LogP contribution in [0.4, 0.5) is 18.9 Å². The second kappa shape index (κ2) is 4.45. The lowest BCUT2D eigenvalue weighted by molar-refractivity contribution is -0.141. The minimum atomic E-state index is -4.58. The molecule has 2 rings (SSSR count). The molecule has 1 heterocycles. The maximum absolute atomic E-state index is 12.9. The van der Waals surface area contributed by atoms with E-state index in [1.54, 1.807) is 0 Å². The maximum Gasteiger partial charge on any atom is 0.433 e. The summed E-state index contributed by atoms with van der Waals surface area (Å²) in [6.07, 6.45) is -4.58. The van der Waals surface area contributed by atoms with Crippen LogP contribution in [0.5, 0.6) is 5.75 Å². The third-order valence-corrected chi connectivity index (χ3v) is 3.15. The summed E-state index contributed by atoms with van der Waals surface area (Å²) in [5.41, 5.74) is 4.55. The first-order valence-corrected chi connectivity index (χ1v) is 5.64. The number of anilines is 1. The summed E-state index contributed by atoms with van der Waals surface area (Å²) in [4.78, 5) is 3.62. The van der Waals surface area contributed by atoms with Crippen molar-refractivity contribution in [3.05, 3.63) is 28.4 Å². The summed E-state index contributed by atoms with van der Waals surface area (Å²) in [5, 5.41) is 0.504. The van der Waals surface area contributed by atoms with Crippen LogP contribution in [0.3, 0.4) is 0 Å². The van der Waals surface area contributed by atoms with Gasteiger partial charge in [-0.25, -0.2) is 4.98 Å². The van der Waals surface area contributed by atoms with Crippen LogP contribution in [0.1, 0.15) is 11.3 Å². The van der Waals surface area contributed by atoms with Gasteiger partial charge in [0.15, 0.2) is 0 Å². The smallest absolute Gasteiger partial charge is 0.433 e. The molecular weight excluding hydrogens is 281 g/mol. The van der Waals surface area contributed by atoms with Crippen molar-refractivity contribution in [1.29, 1.82) is 0 Å². The third kappa shape index (κ3) is 2.16. The van der Waals surface area contributed by atoms with Crippen molar-refractivity contribution in [1.82, 2.24) is 4.98 Å². The van der Waals surface area contributed by atoms with Crippen molar-refractivity contribution >= 4 is 28.2 Å². The summed E-state index contributed by atoms with van der Waals surface area (Å²) < 4.78 is 43.7. The van der Waals surface area contributed by atoms with E-state index < -0.39 is 11.9 Å². The second-order valence-electron chi connectivity index (χ2n) is 3.97. The van der Waals surface area contributed by atoms with Gasteiger partial charge in [0.05, 0.1) is 12.1 Å². The molecule has 0 unspecified atom stereocenters. The van der Waals surface area contributed by atoms with Crippen molar-refractivity contribution < 1.29 is 17.9 Å². The van der Waals surface area contributed by atoms with Crippen LogP contribution in [0, 0.1) is 6.92 Å². The highest BCUT2D eigenvalue weighted by Gasteiger charge is 2.36. The standard InChI is InChI=1S/C12H10ClF3N2O/c1-5-9(17)8-6(13)3-4-7(19-2)10(8)18-11(5)12(14,15)16/h3-4H,1-2H3,(H2,17,18). The van der Waals surface area contributed by atoms with Crippen LogP contribution in [-0.2, 0) is 6.18 Å². The number of fused-ring (bicyclic) bond motifs is 1. The largest absolute Gasteiger partial charge is 0.494 e. The Kier molecular flexibility index (Phi) is 3.22. The van der Waals surface area contributed by atoms with E-state index in [4.69, 9.17) is 22.1 Å². The number of halogens is 4. The van der Waals surface area contributed by atoms with Gasteiger partial charge in [-0.3, -0.25) is 0 Å². The first-order chi connectivity index (χ1) is 8.77. The first kappa shape index (κ1) is 13.7. The van der Waals surface area contributed by atoms with E-state index in [0.717, 1.165) is 0 Å². The highest BCUT2D eigenvalue weighted by molar-refractivity contribution is 6.36. The number of nitrogens with zero attached hydrogens (tertiary/aromatic N) is 1. The van der Waals surface area contributed by atoms with Gasteiger partial charge in [-0.15, -0.1) is 0 Å². The quantitative estimate of drug-likeness (QED) is 0.869. The zero-order chi connectivity index (χ0) is 14.4. The summed E-state index contributed by atoms with van der Waals surface area (Å²) in [6.45, 7) is 1.26. The lowest BCUT2D eigenvalue weighted by Gasteiger charge is -2.15. The summed E-state index contributed by atoms with van der Waals surface area (Å²) in [5.74, 6) is 0.191. The van der Waals surface area contributed by atoms with Crippen LogP contribution in [-0.4, -0.2) is 12.1 Å². The van der Waals surface area contributed by atoms with Gasteiger partial charge < -0.3 is 10.5 Å². The van der Waals surface area contributed by atoms with Crippen molar-refractivity contribution in [3.63, 3.8) is 0 Å². The Morgan fingerprint density at radius 2 is 1.95 bits per heavy atom. The minimum Gasteiger partial charge on any atom is -0.494 e. The lowest BCUT2D eigenvalue weighted by atomic mass is 10.1. The van der Waals surface area contributed by atoms with Crippen LogP contribution in [0.15, 0.2) is 12.1 Å². The van der Waals surface area contributed by atoms with Crippen LogP contribution in [0.25, 0.3) is 10.9 Å². The van der Waals surface area contributed by atoms with Crippen molar-refractivity contribution in [2.45, 2.75) is 13.1 Å². The molecule has 0 aliphatic carbocycles. The Hall–Kier alpha value is -1.69. The number of hydrogen-bond donors (Lipinski definition) is 1. The molecule has 0 fully saturated rings. The van der Waals surface area contributed by atoms with Crippen molar-refractivity contribution in [2.24, 2.45) is 0 Å². The predicted molar refractivity (Wildman–Crippen MR) is 67.5 cm³/mol. The van der Waals surface area contributed by atoms with Crippen molar-refractivity contribution in [3.8, 4) is 5.75 Å². The number of pyridine rings is 1. The summed E-state index contributed by atoms with van der Waals surface area (Å²) >= 11 is 5.97. The topological polar surface area (TPSA) is 48.1 Å². The zero-order valence-corrected chi connectivity index (χ0v) is 10.9. The Morgan fingerprint density at radius 3 is 2.47 bits per heavy atom. The molecule has 102 valence electrons. The van der Waals surface area contributed by atoms with E-state index in [1.165, 1.54) is 26.2 Å². The molecule has 0 spiro atoms. The van der Waals surface area contributed by atoms with Crippen LogP contribution >= 0.6 is 11.6 Å². The molecule has 0 bridgehead atoms. The number of nitrogen functional groups attached to an aromatic ring is 1. The molecule has 19 heavy (non-hydrogen) atoms. The average molecular weight is 291 g/mol. The second-order valence-corrected chi connectivity index (χ2v) is 4.38. The molecule has 2 N–H and O–H groups in total. The van der Waals surface area contributed by atoms with Gasteiger partial charge in [0.1, 0.15) is 17.0 Å². The van der Waals surface area contributed by atoms with Gasteiger partial charge in [-0.05, 0) is 19.1 Å². The number of hydrogen-bond acceptors (Lipinski definition) is 3. The SMILES string of the molecule is COc1ccc(Cl)c2c(N)c(C)c(C(F)(F)F)nc12. The van der Waals surface area contributed by atoms with Crippen molar-refractivity contribution in [2.75, 3.05) is 12.8 Å². The number of methoxy groups -OCH3 is 1. The van der Waals surface area contributed by atoms with Gasteiger partial charge in [-0.1, -0.05) is 11.6 Å². The monoisotopic (exact) mass is 290 g/mol. The fourth-order valence-corrected chi connectivity index (χ4v) is 2.12. The average Bonchev–Trinajstić information content (AvgIpc) is 2.32. The number of alkyl halides is 3. The van der Waals surface area contributed by atoms with Gasteiger partial charge in [0.25, 0.3) is 0 Å². The highest BCUT2D eigenvalue weighted by atomic mass is 35.5. The first-order valence-electron chi connectivity index (χ1n) is 5.26. The number of ether oxygens (including phenoxy) is 1. The van der Waals surface area contributed by atoms with E-state index >= 15 is 0 Å². The number of nitrogens with two attached hydrogens (primary N) is 1. The molecule has 2 aromatic rings. The maximum atomic E-state index is 12.9. The molecule has 1 aromatic heterocycles. The molecule has 0 saturated carbocycles. The molecule has 0 aliphatic rings. The van der Waals surface area contributed by atoms with E-state index in [1.807, 2.05) is 0 Å². The summed E-state index contributed by atoms with van der Waals surface area (Å²) in [6, 6.07) is 2.96. The van der Waals surface area contributed by atoms with E-state index in [2.05, 4.69) is 4.98 Å². The predicted octanol–water partition coefficient (Wildman–Crippen LogP) is 3.81. The Labute approximate surface area is 112 Å². The Bertz CT molecular complexity index is 656.